The summed E-state index contributed by atoms with van der Waals surface area (Å²) in [6.45, 7) is 18.0. The molecule has 0 spiro atoms. The number of thiazole rings is 2. The van der Waals surface area contributed by atoms with Gasteiger partial charge in [-0.15, -0.1) is 7.94 Å². The molecule has 6 fully saturated rings. The van der Waals surface area contributed by atoms with Crippen molar-refractivity contribution in [3.05, 3.63) is 276 Å². The van der Waals surface area contributed by atoms with Crippen LogP contribution < -0.4 is 28.1 Å². The zero-order chi connectivity index (χ0) is 97.5. The molecule has 22 nitrogen and oxygen atoms in total. The number of aromatic nitrogens is 4. The Morgan fingerprint density at radius 2 is 0.676 bits per heavy atom. The van der Waals surface area contributed by atoms with Gasteiger partial charge in [0.25, 0.3) is 15.7 Å². The molecule has 0 amide bonds. The summed E-state index contributed by atoms with van der Waals surface area (Å²) >= 11 is 3.16. The lowest BCUT2D eigenvalue weighted by Gasteiger charge is -2.41. The van der Waals surface area contributed by atoms with E-state index >= 15 is 0 Å². The number of para-hydroxylation sites is 2. The first-order chi connectivity index (χ1) is 69.6. The lowest BCUT2D eigenvalue weighted by atomic mass is 9.69. The van der Waals surface area contributed by atoms with E-state index < -0.39 is 44.6 Å². The number of nitrogens with zero attached hydrogens (tertiary/aromatic N) is 6. The summed E-state index contributed by atoms with van der Waals surface area (Å²) in [7, 11) is -5.94. The van der Waals surface area contributed by atoms with Crippen LogP contribution >= 0.6 is 43.5 Å². The van der Waals surface area contributed by atoms with E-state index in [-0.39, 0.29) is 84.9 Å². The molecule has 142 heavy (non-hydrogen) atoms. The Bertz CT molecular complexity index is 6480. The van der Waals surface area contributed by atoms with Crippen LogP contribution in [0, 0.1) is 77.1 Å². The van der Waals surface area contributed by atoms with Crippen molar-refractivity contribution in [2.75, 3.05) is 26.4 Å². The van der Waals surface area contributed by atoms with Gasteiger partial charge in [-0.05, 0) is 313 Å². The molecule has 0 saturated heterocycles. The molecular formula is C116H118N6O16S4+2. The highest BCUT2D eigenvalue weighted by molar-refractivity contribution is 8.27. The number of benzene rings is 8. The van der Waals surface area contributed by atoms with Crippen molar-refractivity contribution in [2.45, 2.75) is 212 Å². The first-order valence-electron chi connectivity index (χ1n) is 50.7. The van der Waals surface area contributed by atoms with Gasteiger partial charge in [0.2, 0.25) is 11.0 Å². The van der Waals surface area contributed by atoms with E-state index in [4.69, 9.17) is 42.7 Å². The molecule has 2 aliphatic heterocycles. The summed E-state index contributed by atoms with van der Waals surface area (Å²) in [5.41, 5.74) is 5.52. The summed E-state index contributed by atoms with van der Waals surface area (Å²) in [5.74, 6) is -1.14. The Balaban J connectivity index is 0.608. The summed E-state index contributed by atoms with van der Waals surface area (Å²) < 4.78 is 58.7. The molecule has 0 bridgehead atoms. The number of esters is 8. The first kappa shape index (κ1) is 96.5. The molecule has 0 unspecified atom stereocenters. The maximum Gasteiger partial charge on any atom is 0.330 e. The average Bonchev–Trinajstić information content (AvgIpc) is 1.47. The summed E-state index contributed by atoms with van der Waals surface area (Å²) in [4.78, 5) is 115. The van der Waals surface area contributed by atoms with Gasteiger partial charge in [-0.2, -0.15) is 5.26 Å². The van der Waals surface area contributed by atoms with Crippen LogP contribution in [0.2, 0.25) is 0 Å². The standard InChI is InChI=1S/C116H118N6O16S4/c1-4-100(123)131-70-22-24-72-133-111(125)81-46-38-75(39-47-81)77-42-50-83(51-43-77)113(127)137-89-66-58-85(59-67-89)115(129)135-87-62-54-79(55-63-87)105-102-103(108-104(118-3)110-120(97-35-19-21-37-99(97)140-110)142(122(105)108,93-30-14-8-15-31-93)94-32-16-9-17-33-94)106(121-107(102)95(74-117)109-119(96-34-18-20-36-98(96)139-109)141(121,91-26-10-6-11-27-91)92-28-12-7-13-29-92)80-56-64-88(65-57-80)136-116(130)86-60-68-90(69-61-86)138-114(128)84-52-44-78(45-53-84)76-40-48-82(49-41-76)112(126)134-73-25-23-71-132-101(124)5-2/h4-21,26-37,54-57,62-65,75-78,81-86,89-90H,1-2,22-25,38-53,58-61,66-73H2/q+2. The third-order valence-electron chi connectivity index (χ3n) is 30.8. The Kier molecular flexibility index (Phi) is 29.3. The lowest BCUT2D eigenvalue weighted by molar-refractivity contribution is -0.475. The maximum atomic E-state index is 14.9. The van der Waals surface area contributed by atoms with Crippen molar-refractivity contribution in [2.24, 2.45) is 59.2 Å². The Hall–Kier alpha value is -13.0. The summed E-state index contributed by atoms with van der Waals surface area (Å²) in [6, 6.07) is 77.6. The molecule has 12 aromatic rings. The van der Waals surface area contributed by atoms with Crippen LogP contribution in [0.3, 0.4) is 0 Å². The van der Waals surface area contributed by atoms with E-state index in [1.54, 1.807) is 22.7 Å². The smallest absolute Gasteiger partial charge is 0.330 e. The van der Waals surface area contributed by atoms with E-state index in [1.165, 1.54) is 0 Å². The van der Waals surface area contributed by atoms with Gasteiger partial charge in [0.15, 0.2) is 5.57 Å². The fourth-order valence-corrected chi connectivity index (χ4v) is 34.7. The lowest BCUT2D eigenvalue weighted by Crippen LogP contribution is -2.52. The topological polar surface area (TPSA) is 256 Å². The molecule has 6 heterocycles. The van der Waals surface area contributed by atoms with Crippen LogP contribution in [-0.4, -0.2) is 94.3 Å². The molecule has 8 aromatic carbocycles. The minimum absolute atomic E-state index is 0.112. The van der Waals surface area contributed by atoms with E-state index in [0.717, 1.165) is 170 Å². The number of fused-ring (bicyclic) bond motifs is 11. The highest BCUT2D eigenvalue weighted by atomic mass is 32.3. The first-order valence-corrected chi connectivity index (χ1v) is 55.4. The van der Waals surface area contributed by atoms with E-state index in [0.29, 0.717) is 175 Å². The number of hydrogen-bond acceptors (Lipinski definition) is 19. The van der Waals surface area contributed by atoms with Gasteiger partial charge in [-0.3, -0.25) is 32.7 Å². The molecule has 0 radical (unpaired) electrons. The molecular weight excluding hydrogens is 1860 g/mol. The molecule has 0 atom stereocenters. The quantitative estimate of drug-likeness (QED) is 0.00771. The van der Waals surface area contributed by atoms with E-state index in [1.807, 2.05) is 84.9 Å². The number of hydrogen-bond donors (Lipinski definition) is 0. The van der Waals surface area contributed by atoms with Crippen molar-refractivity contribution in [1.82, 2.24) is 7.94 Å². The normalized spacial score (nSPS) is 23.1. The number of rotatable bonds is 30. The molecule has 6 aliphatic carbocycles. The molecule has 0 N–H and O–H groups in total. The van der Waals surface area contributed by atoms with Crippen LogP contribution in [0.4, 0.5) is 0 Å². The van der Waals surface area contributed by atoms with Crippen molar-refractivity contribution >= 4 is 134 Å². The molecule has 26 heteroatoms. The Labute approximate surface area is 838 Å². The van der Waals surface area contributed by atoms with Crippen molar-refractivity contribution in [3.8, 4) is 40.1 Å². The molecule has 730 valence electrons. The van der Waals surface area contributed by atoms with E-state index in [9.17, 15) is 50.2 Å². The highest BCUT2D eigenvalue weighted by Gasteiger charge is 2.57. The fourth-order valence-electron chi connectivity index (χ4n) is 23.6. The van der Waals surface area contributed by atoms with Gasteiger partial charge in [-0.1, -0.05) is 133 Å². The third-order valence-corrected chi connectivity index (χ3v) is 40.7. The summed E-state index contributed by atoms with van der Waals surface area (Å²) in [5, 5.41) is 17.1. The van der Waals surface area contributed by atoms with Gasteiger partial charge in [0, 0.05) is 46.2 Å². The monoisotopic (exact) mass is 1980 g/mol. The second kappa shape index (κ2) is 43.1. The molecule has 8 aliphatic rings. The van der Waals surface area contributed by atoms with Gasteiger partial charge in [0.05, 0.1) is 110 Å². The van der Waals surface area contributed by atoms with Crippen molar-refractivity contribution in [3.63, 3.8) is 0 Å². The number of carbonyl (C=O) groups is 8. The second-order valence-electron chi connectivity index (χ2n) is 39.0. The average molecular weight is 1980 g/mol. The van der Waals surface area contributed by atoms with Crippen molar-refractivity contribution < 1.29 is 84.2 Å². The van der Waals surface area contributed by atoms with Gasteiger partial charge < -0.3 is 37.9 Å². The predicted molar refractivity (Wildman–Crippen MR) is 546 cm³/mol. The number of carbonyl (C=O) groups excluding carboxylic acids is 8. The minimum Gasteiger partial charge on any atom is -0.465 e. The van der Waals surface area contributed by atoms with E-state index in [2.05, 4.69) is 169 Å². The molecule has 4 aromatic heterocycles. The fraction of sp³-hybridized carbons (Fsp3) is 0.379. The Morgan fingerprint density at radius 3 is 1.03 bits per heavy atom. The number of ether oxygens (including phenoxy) is 8. The number of nitriles is 1. The minimum atomic E-state index is -2.97. The Morgan fingerprint density at radius 1 is 0.373 bits per heavy atom. The van der Waals surface area contributed by atoms with Crippen LogP contribution in [0.1, 0.15) is 190 Å². The van der Waals surface area contributed by atoms with Gasteiger partial charge in [-0.25, -0.2) is 18.4 Å². The molecule has 20 rings (SSSR count). The maximum absolute atomic E-state index is 14.9. The third kappa shape index (κ3) is 18.9. The van der Waals surface area contributed by atoms with Crippen LogP contribution in [0.5, 0.6) is 11.5 Å². The van der Waals surface area contributed by atoms with Crippen LogP contribution in [0.25, 0.3) is 69.8 Å². The zero-order valence-electron chi connectivity index (χ0n) is 79.8. The largest absolute Gasteiger partial charge is 0.465 e. The van der Waals surface area contributed by atoms with Gasteiger partial charge in [0.1, 0.15) is 60.0 Å². The molecule has 6 saturated carbocycles. The SMILES string of the molecule is [C-]#[N+]C1=c2c3c(-c4ccc(OC(=O)C5CCC(OC(=O)C6CCC(C7CCC(C(=O)OCCCCOC(=O)C=C)CC7)CC6)CC5)cc4)n4c(c3c(-c3ccc(OC(=O)C5CCC(OC(=O)C6CCC(C7CCC(C(=O)OCCCCOC(=O)C=C)CC7)CC6)CC5)cc3)n2S(c2ccccc2)(c2ccccc2)[n+]2c1sc1ccccc12)=C(C#N)c1sc2ccccc2[n+]1S4(c1ccccc1)c1ccccc1. The highest BCUT2D eigenvalue weighted by Crippen LogP contribution is 2.68. The second-order valence-corrected chi connectivity index (χ2v) is 46.6. The summed E-state index contributed by atoms with van der Waals surface area (Å²) in [6.07, 6.45) is 21.9. The number of unbranched alkanes of at least 4 members (excludes halogenated alkanes) is 2. The van der Waals surface area contributed by atoms with Crippen LogP contribution in [0.15, 0.2) is 263 Å². The zero-order valence-corrected chi connectivity index (χ0v) is 83.0. The predicted octanol–water partition coefficient (Wildman–Crippen LogP) is 22.9. The van der Waals surface area contributed by atoms with Gasteiger partial charge >= 0.3 is 47.8 Å². The van der Waals surface area contributed by atoms with Crippen LogP contribution in [-0.2, 0) is 66.8 Å². The van der Waals surface area contributed by atoms with Crippen molar-refractivity contribution in [1.29, 1.82) is 5.26 Å².